The van der Waals surface area contributed by atoms with E-state index in [0.717, 1.165) is 24.3 Å². The highest BCUT2D eigenvalue weighted by Gasteiger charge is 2.37. The highest BCUT2D eigenvalue weighted by Crippen LogP contribution is 2.46. The van der Waals surface area contributed by atoms with Gasteiger partial charge in [0.25, 0.3) is 0 Å². The zero-order valence-electron chi connectivity index (χ0n) is 15.6. The van der Waals surface area contributed by atoms with Gasteiger partial charge in [0.05, 0.1) is 16.3 Å². The van der Waals surface area contributed by atoms with E-state index in [-0.39, 0.29) is 11.3 Å². The number of aromatic nitrogens is 3. The zero-order chi connectivity index (χ0) is 19.7. The van der Waals surface area contributed by atoms with E-state index < -0.39 is 0 Å². The first-order valence-electron chi connectivity index (χ1n) is 9.52. The van der Waals surface area contributed by atoms with E-state index in [1.54, 1.807) is 18.5 Å². The summed E-state index contributed by atoms with van der Waals surface area (Å²) in [5, 5.41) is 16.8. The third-order valence-electron chi connectivity index (χ3n) is 5.99. The van der Waals surface area contributed by atoms with Crippen LogP contribution in [0.15, 0.2) is 28.3 Å². The van der Waals surface area contributed by atoms with Crippen LogP contribution in [0.3, 0.4) is 0 Å². The number of nitrogens with zero attached hydrogens (tertiary/aromatic N) is 4. The molecule has 0 radical (unpaired) electrons. The number of nitrogen functional groups attached to an aromatic ring is 1. The molecule has 2 aliphatic rings. The molecule has 7 nitrogen and oxygen atoms in total. The average molecular weight is 418 g/mol. The Kier molecular flexibility index (Phi) is 5.33. The van der Waals surface area contributed by atoms with Crippen molar-refractivity contribution in [2.24, 2.45) is 5.41 Å². The second kappa shape index (κ2) is 7.75. The van der Waals surface area contributed by atoms with Crippen molar-refractivity contribution in [1.29, 1.82) is 10.8 Å². The Morgan fingerprint density at radius 1 is 1.14 bits per heavy atom. The summed E-state index contributed by atoms with van der Waals surface area (Å²) in [6.45, 7) is 1.86. The number of hydrogen-bond acceptors (Lipinski definition) is 7. The lowest BCUT2D eigenvalue weighted by molar-refractivity contribution is 0.225. The van der Waals surface area contributed by atoms with Gasteiger partial charge in [-0.1, -0.05) is 36.2 Å². The van der Waals surface area contributed by atoms with Crippen molar-refractivity contribution in [1.82, 2.24) is 14.5 Å². The van der Waals surface area contributed by atoms with Crippen molar-refractivity contribution in [3.63, 3.8) is 0 Å². The van der Waals surface area contributed by atoms with Crippen LogP contribution in [-0.2, 0) is 0 Å². The van der Waals surface area contributed by atoms with Crippen LogP contribution in [0.2, 0.25) is 5.02 Å². The van der Waals surface area contributed by atoms with Crippen LogP contribution < -0.4 is 16.1 Å². The summed E-state index contributed by atoms with van der Waals surface area (Å²) < 4.78 is 1.54. The number of rotatable bonds is 4. The number of hydrogen-bond donors (Lipinski definition) is 3. The van der Waals surface area contributed by atoms with Gasteiger partial charge in [-0.3, -0.25) is 15.4 Å². The standard InChI is InChI=1S/C19H24ClN7S/c20-15-13(3-8-24-16(15)22)28-14-11-25-18(27(12-21)17(14)23)26-9-6-19(7-10-26)4-1-2-5-19/h3,8,11-12,21,23H,1-2,4-7,9-10H2,(H2,22,24). The minimum atomic E-state index is 0.220. The van der Waals surface area contributed by atoms with Gasteiger partial charge in [-0.25, -0.2) is 9.97 Å². The first-order chi connectivity index (χ1) is 13.5. The summed E-state index contributed by atoms with van der Waals surface area (Å²) in [5.74, 6) is 0.925. The summed E-state index contributed by atoms with van der Waals surface area (Å²) in [4.78, 5) is 12.1. The summed E-state index contributed by atoms with van der Waals surface area (Å²) in [5.41, 5.74) is 6.51. The Balaban J connectivity index is 1.59. The predicted octanol–water partition coefficient (Wildman–Crippen LogP) is 3.76. The molecule has 4 rings (SSSR count). The molecule has 1 spiro atoms. The molecule has 0 aromatic carbocycles. The van der Waals surface area contributed by atoms with Gasteiger partial charge in [-0.2, -0.15) is 0 Å². The molecular formula is C19H24ClN7S. The Morgan fingerprint density at radius 2 is 1.86 bits per heavy atom. The summed E-state index contributed by atoms with van der Waals surface area (Å²) in [6, 6.07) is 1.76. The van der Waals surface area contributed by atoms with Gasteiger partial charge in [0.1, 0.15) is 11.3 Å². The first kappa shape index (κ1) is 19.3. The quantitative estimate of drug-likeness (QED) is 0.518. The molecule has 1 saturated carbocycles. The smallest absolute Gasteiger partial charge is 0.212 e. The lowest BCUT2D eigenvalue weighted by Crippen LogP contribution is -2.42. The van der Waals surface area contributed by atoms with Crippen molar-refractivity contribution in [2.75, 3.05) is 23.7 Å². The number of nitrogens with one attached hydrogen (secondary N) is 2. The minimum absolute atomic E-state index is 0.220. The molecule has 9 heteroatoms. The highest BCUT2D eigenvalue weighted by molar-refractivity contribution is 7.99. The number of pyridine rings is 1. The van der Waals surface area contributed by atoms with E-state index in [9.17, 15) is 0 Å². The average Bonchev–Trinajstić information content (AvgIpc) is 3.15. The topological polar surface area (TPSA) is 108 Å². The number of piperidine rings is 1. The Morgan fingerprint density at radius 3 is 2.54 bits per heavy atom. The third-order valence-corrected chi connectivity index (χ3v) is 7.58. The van der Waals surface area contributed by atoms with Crippen molar-refractivity contribution >= 4 is 41.5 Å². The van der Waals surface area contributed by atoms with E-state index >= 15 is 0 Å². The first-order valence-corrected chi connectivity index (χ1v) is 10.7. The molecule has 2 fully saturated rings. The highest BCUT2D eigenvalue weighted by atomic mass is 35.5. The molecule has 1 aliphatic heterocycles. The molecule has 1 aliphatic carbocycles. The normalized spacial score (nSPS) is 18.5. The second-order valence-corrected chi connectivity index (χ2v) is 9.04. The van der Waals surface area contributed by atoms with Gasteiger partial charge in [-0.15, -0.1) is 0 Å². The molecule has 148 valence electrons. The Labute approximate surface area is 173 Å². The van der Waals surface area contributed by atoms with Gasteiger partial charge in [0.2, 0.25) is 5.95 Å². The largest absolute Gasteiger partial charge is 0.382 e. The molecule has 0 unspecified atom stereocenters. The SMILES string of the molecule is N=Cn1c(N2CCC3(CCCC3)CC2)ncc(Sc2ccnc(N)c2Cl)c1=N. The van der Waals surface area contributed by atoms with Crippen LogP contribution in [0.5, 0.6) is 0 Å². The van der Waals surface area contributed by atoms with Crippen molar-refractivity contribution in [3.05, 3.63) is 29.0 Å². The maximum Gasteiger partial charge on any atom is 0.212 e. The van der Waals surface area contributed by atoms with Crippen LogP contribution in [0.4, 0.5) is 11.8 Å². The molecule has 3 heterocycles. The van der Waals surface area contributed by atoms with Crippen LogP contribution in [-0.4, -0.2) is 34.0 Å². The van der Waals surface area contributed by atoms with Gasteiger partial charge in [0, 0.05) is 30.4 Å². The third kappa shape index (κ3) is 3.51. The fraction of sp³-hybridized carbons (Fsp3) is 0.474. The molecule has 0 amide bonds. The maximum atomic E-state index is 8.57. The van der Waals surface area contributed by atoms with Crippen molar-refractivity contribution in [2.45, 2.75) is 48.3 Å². The maximum absolute atomic E-state index is 8.57. The lowest BCUT2D eigenvalue weighted by atomic mass is 9.77. The van der Waals surface area contributed by atoms with Crippen LogP contribution in [0, 0.1) is 16.2 Å². The van der Waals surface area contributed by atoms with Crippen LogP contribution >= 0.6 is 23.4 Å². The Bertz CT molecular complexity index is 942. The summed E-state index contributed by atoms with van der Waals surface area (Å²) >= 11 is 7.54. The van der Waals surface area contributed by atoms with E-state index in [1.807, 2.05) is 0 Å². The zero-order valence-corrected chi connectivity index (χ0v) is 17.2. The molecular weight excluding hydrogens is 394 g/mol. The minimum Gasteiger partial charge on any atom is -0.382 e. The number of halogens is 1. The van der Waals surface area contributed by atoms with Gasteiger partial charge in [-0.05, 0) is 37.2 Å². The molecule has 2 aromatic rings. The van der Waals surface area contributed by atoms with E-state index in [0.29, 0.717) is 21.3 Å². The molecule has 28 heavy (non-hydrogen) atoms. The molecule has 0 bridgehead atoms. The van der Waals surface area contributed by atoms with E-state index in [4.69, 9.17) is 28.2 Å². The Hall–Kier alpha value is -2.06. The summed E-state index contributed by atoms with van der Waals surface area (Å²) in [6.07, 6.45) is 12.2. The van der Waals surface area contributed by atoms with Gasteiger partial charge in [0.15, 0.2) is 0 Å². The van der Waals surface area contributed by atoms with Gasteiger partial charge < -0.3 is 10.6 Å². The van der Waals surface area contributed by atoms with Crippen molar-refractivity contribution < 1.29 is 0 Å². The molecule has 2 aromatic heterocycles. The molecule has 1 saturated heterocycles. The monoisotopic (exact) mass is 417 g/mol. The van der Waals surface area contributed by atoms with E-state index in [2.05, 4.69) is 14.9 Å². The fourth-order valence-electron chi connectivity index (χ4n) is 4.33. The summed E-state index contributed by atoms with van der Waals surface area (Å²) in [7, 11) is 0. The predicted molar refractivity (Wildman–Crippen MR) is 112 cm³/mol. The van der Waals surface area contributed by atoms with Gasteiger partial charge >= 0.3 is 0 Å². The van der Waals surface area contributed by atoms with Crippen molar-refractivity contribution in [3.8, 4) is 0 Å². The molecule has 0 atom stereocenters. The van der Waals surface area contributed by atoms with Crippen LogP contribution in [0.25, 0.3) is 0 Å². The number of anilines is 2. The molecule has 4 N–H and O–H groups in total. The van der Waals surface area contributed by atoms with E-state index in [1.165, 1.54) is 54.9 Å². The van der Waals surface area contributed by atoms with Crippen LogP contribution in [0.1, 0.15) is 38.5 Å². The number of nitrogens with two attached hydrogens (primary N) is 1. The fourth-order valence-corrected chi connectivity index (χ4v) is 5.42. The second-order valence-electron chi connectivity index (χ2n) is 7.57. The lowest BCUT2D eigenvalue weighted by Gasteiger charge is -2.40.